The molecular weight excluding hydrogens is 268 g/mol. The number of thiophene rings is 1. The Bertz CT molecular complexity index is 545. The van der Waals surface area contributed by atoms with Gasteiger partial charge in [-0.1, -0.05) is 36.4 Å². The van der Waals surface area contributed by atoms with Crippen molar-refractivity contribution in [3.63, 3.8) is 0 Å². The highest BCUT2D eigenvalue weighted by Gasteiger charge is 2.24. The first-order chi connectivity index (χ1) is 9.83. The van der Waals surface area contributed by atoms with Crippen molar-refractivity contribution in [2.24, 2.45) is 0 Å². The molecule has 3 nitrogen and oxygen atoms in total. The van der Waals surface area contributed by atoms with Crippen LogP contribution in [0, 0.1) is 0 Å². The number of piperazine rings is 1. The van der Waals surface area contributed by atoms with Crippen molar-refractivity contribution >= 4 is 17.2 Å². The van der Waals surface area contributed by atoms with Crippen molar-refractivity contribution in [1.82, 2.24) is 4.90 Å². The first-order valence-corrected chi connectivity index (χ1v) is 7.91. The number of hydrogen-bond acceptors (Lipinski definition) is 2. The molecule has 104 valence electrons. The fraction of sp³-hybridized carbons (Fsp3) is 0.312. The highest BCUT2D eigenvalue weighted by molar-refractivity contribution is 7.12. The summed E-state index contributed by atoms with van der Waals surface area (Å²) in [5.74, 6) is 0.193. The Morgan fingerprint density at radius 3 is 2.50 bits per heavy atom. The lowest BCUT2D eigenvalue weighted by Gasteiger charge is -2.32. The second kappa shape index (κ2) is 6.20. The van der Waals surface area contributed by atoms with Gasteiger partial charge in [-0.3, -0.25) is 4.79 Å². The van der Waals surface area contributed by atoms with Crippen molar-refractivity contribution in [1.29, 1.82) is 0 Å². The molecule has 1 aromatic carbocycles. The van der Waals surface area contributed by atoms with Crippen molar-refractivity contribution in [3.8, 4) is 0 Å². The molecule has 0 radical (unpaired) electrons. The fourth-order valence-electron chi connectivity index (χ4n) is 2.64. The van der Waals surface area contributed by atoms with E-state index in [0.717, 1.165) is 37.6 Å². The van der Waals surface area contributed by atoms with Crippen LogP contribution >= 0.6 is 11.3 Å². The molecule has 1 amide bonds. The Balaban J connectivity index is 1.53. The Labute approximate surface area is 123 Å². The van der Waals surface area contributed by atoms with Crippen LogP contribution in [-0.2, 0) is 6.54 Å². The molecule has 2 heterocycles. The largest absolute Gasteiger partial charge is 0.328 e. The summed E-state index contributed by atoms with van der Waals surface area (Å²) in [6.45, 7) is 4.84. The Kier molecular flexibility index (Phi) is 4.14. The van der Waals surface area contributed by atoms with Gasteiger partial charge in [-0.05, 0) is 11.4 Å². The molecule has 0 aliphatic carbocycles. The normalized spacial score (nSPS) is 16.3. The third-order valence-electron chi connectivity index (χ3n) is 3.79. The number of hydrogen-bond donors (Lipinski definition) is 1. The molecule has 3 rings (SSSR count). The SMILES string of the molecule is O=C(c1cccs1)N1CC[NH+](Cc2ccccc2)CC1. The van der Waals surface area contributed by atoms with E-state index in [0.29, 0.717) is 0 Å². The summed E-state index contributed by atoms with van der Waals surface area (Å²) in [6, 6.07) is 14.4. The third-order valence-corrected chi connectivity index (χ3v) is 4.64. The number of carbonyl (C=O) groups excluding carboxylic acids is 1. The number of nitrogens with zero attached hydrogens (tertiary/aromatic N) is 1. The van der Waals surface area contributed by atoms with E-state index in [2.05, 4.69) is 30.3 Å². The van der Waals surface area contributed by atoms with Gasteiger partial charge in [0.2, 0.25) is 0 Å². The highest BCUT2D eigenvalue weighted by Crippen LogP contribution is 2.11. The van der Waals surface area contributed by atoms with E-state index in [9.17, 15) is 4.79 Å². The zero-order valence-electron chi connectivity index (χ0n) is 11.4. The Hall–Kier alpha value is -1.65. The molecule has 0 atom stereocenters. The van der Waals surface area contributed by atoms with Crippen molar-refractivity contribution in [2.75, 3.05) is 26.2 Å². The average molecular weight is 287 g/mol. The van der Waals surface area contributed by atoms with E-state index >= 15 is 0 Å². The van der Waals surface area contributed by atoms with Crippen LogP contribution in [0.5, 0.6) is 0 Å². The Morgan fingerprint density at radius 2 is 1.85 bits per heavy atom. The number of rotatable bonds is 3. The van der Waals surface area contributed by atoms with Crippen molar-refractivity contribution in [3.05, 3.63) is 58.3 Å². The number of nitrogens with one attached hydrogen (secondary N) is 1. The van der Waals surface area contributed by atoms with Gasteiger partial charge < -0.3 is 9.80 Å². The summed E-state index contributed by atoms with van der Waals surface area (Å²) in [4.78, 5) is 16.7. The maximum Gasteiger partial charge on any atom is 0.264 e. The lowest BCUT2D eigenvalue weighted by atomic mass is 10.2. The fourth-order valence-corrected chi connectivity index (χ4v) is 3.33. The lowest BCUT2D eigenvalue weighted by molar-refractivity contribution is -0.917. The molecule has 1 N–H and O–H groups in total. The van der Waals surface area contributed by atoms with Gasteiger partial charge in [-0.25, -0.2) is 0 Å². The topological polar surface area (TPSA) is 24.8 Å². The molecule has 4 heteroatoms. The Morgan fingerprint density at radius 1 is 1.10 bits per heavy atom. The molecule has 1 aliphatic heterocycles. The van der Waals surface area contributed by atoms with Crippen LogP contribution in [0.3, 0.4) is 0 Å². The van der Waals surface area contributed by atoms with Gasteiger partial charge in [-0.2, -0.15) is 0 Å². The molecule has 0 saturated carbocycles. The average Bonchev–Trinajstić information content (AvgIpc) is 3.03. The zero-order chi connectivity index (χ0) is 13.8. The predicted octanol–water partition coefficient (Wildman–Crippen LogP) is 1.29. The summed E-state index contributed by atoms with van der Waals surface area (Å²) < 4.78 is 0. The smallest absolute Gasteiger partial charge is 0.264 e. The summed E-state index contributed by atoms with van der Waals surface area (Å²) in [5.41, 5.74) is 1.38. The number of quaternary nitrogens is 1. The van der Waals surface area contributed by atoms with Gasteiger partial charge in [0.15, 0.2) is 0 Å². The van der Waals surface area contributed by atoms with Gasteiger partial charge in [0.25, 0.3) is 5.91 Å². The van der Waals surface area contributed by atoms with Crippen LogP contribution in [-0.4, -0.2) is 37.0 Å². The lowest BCUT2D eigenvalue weighted by Crippen LogP contribution is -3.13. The van der Waals surface area contributed by atoms with Crippen LogP contribution < -0.4 is 4.90 Å². The zero-order valence-corrected chi connectivity index (χ0v) is 12.2. The number of carbonyl (C=O) groups is 1. The maximum absolute atomic E-state index is 12.3. The van der Waals surface area contributed by atoms with E-state index in [1.165, 1.54) is 16.9 Å². The summed E-state index contributed by atoms with van der Waals surface area (Å²) in [5, 5.41) is 1.96. The predicted molar refractivity (Wildman–Crippen MR) is 81.1 cm³/mol. The summed E-state index contributed by atoms with van der Waals surface area (Å²) in [7, 11) is 0. The van der Waals surface area contributed by atoms with Crippen LogP contribution in [0.2, 0.25) is 0 Å². The molecule has 0 unspecified atom stereocenters. The minimum Gasteiger partial charge on any atom is -0.328 e. The quantitative estimate of drug-likeness (QED) is 0.904. The maximum atomic E-state index is 12.3. The molecule has 1 aromatic heterocycles. The van der Waals surface area contributed by atoms with Gasteiger partial charge in [0.05, 0.1) is 31.1 Å². The first kappa shape index (κ1) is 13.3. The van der Waals surface area contributed by atoms with E-state index in [4.69, 9.17) is 0 Å². The van der Waals surface area contributed by atoms with E-state index in [-0.39, 0.29) is 5.91 Å². The third kappa shape index (κ3) is 3.08. The summed E-state index contributed by atoms with van der Waals surface area (Å²) >= 11 is 1.53. The number of amides is 1. The van der Waals surface area contributed by atoms with Gasteiger partial charge in [-0.15, -0.1) is 11.3 Å². The van der Waals surface area contributed by atoms with Crippen molar-refractivity contribution in [2.45, 2.75) is 6.54 Å². The van der Waals surface area contributed by atoms with E-state index < -0.39 is 0 Å². The molecule has 1 aliphatic rings. The van der Waals surface area contributed by atoms with Gasteiger partial charge in [0.1, 0.15) is 6.54 Å². The second-order valence-corrected chi connectivity index (χ2v) is 6.13. The molecule has 1 saturated heterocycles. The molecule has 2 aromatic rings. The van der Waals surface area contributed by atoms with Crippen LogP contribution in [0.1, 0.15) is 15.2 Å². The van der Waals surface area contributed by atoms with Crippen LogP contribution in [0.4, 0.5) is 0 Å². The van der Waals surface area contributed by atoms with E-state index in [1.54, 1.807) is 4.90 Å². The molecular formula is C16H19N2OS+. The first-order valence-electron chi connectivity index (χ1n) is 7.03. The molecule has 20 heavy (non-hydrogen) atoms. The summed E-state index contributed by atoms with van der Waals surface area (Å²) in [6.07, 6.45) is 0. The van der Waals surface area contributed by atoms with E-state index in [1.807, 2.05) is 22.4 Å². The van der Waals surface area contributed by atoms with Gasteiger partial charge in [0, 0.05) is 5.56 Å². The van der Waals surface area contributed by atoms with Crippen molar-refractivity contribution < 1.29 is 9.69 Å². The van der Waals surface area contributed by atoms with Gasteiger partial charge >= 0.3 is 0 Å². The minimum atomic E-state index is 0.193. The van der Waals surface area contributed by atoms with Crippen LogP contribution in [0.25, 0.3) is 0 Å². The minimum absolute atomic E-state index is 0.193. The highest BCUT2D eigenvalue weighted by atomic mass is 32.1. The molecule has 0 bridgehead atoms. The van der Waals surface area contributed by atoms with Crippen LogP contribution in [0.15, 0.2) is 47.8 Å². The molecule has 0 spiro atoms. The standard InChI is InChI=1S/C16H18N2OS/c19-16(15-7-4-12-20-15)18-10-8-17(9-11-18)13-14-5-2-1-3-6-14/h1-7,12H,8-11,13H2/p+1. The molecule has 1 fully saturated rings. The second-order valence-electron chi connectivity index (χ2n) is 5.18. The monoisotopic (exact) mass is 287 g/mol. The number of benzene rings is 1.